The minimum Gasteiger partial charge on any atom is -0.493 e. The molecule has 3 aromatic carbocycles. The lowest BCUT2D eigenvalue weighted by Crippen LogP contribution is -2.63. The van der Waals surface area contributed by atoms with Crippen LogP contribution in [0.15, 0.2) is 60.7 Å². The second-order valence-electron chi connectivity index (χ2n) is 16.7. The lowest BCUT2D eigenvalue weighted by molar-refractivity contribution is -0.134. The zero-order chi connectivity index (χ0) is 42.6. The summed E-state index contributed by atoms with van der Waals surface area (Å²) in [5.74, 6) is 0.851. The maximum Gasteiger partial charge on any atom is 0.261 e. The number of likely N-dealkylation sites (tertiary alicyclic amines) is 1. The van der Waals surface area contributed by atoms with Crippen LogP contribution in [0.4, 0.5) is 11.4 Å². The van der Waals surface area contributed by atoms with Gasteiger partial charge in [0.1, 0.15) is 9.84 Å². The Morgan fingerprint density at radius 2 is 1.40 bits per heavy atom. The maximum atomic E-state index is 13.5. The highest BCUT2D eigenvalue weighted by Gasteiger charge is 2.38. The van der Waals surface area contributed by atoms with Crippen LogP contribution in [0.1, 0.15) is 76.8 Å². The van der Waals surface area contributed by atoms with E-state index >= 15 is 0 Å². The fraction of sp³-hybridized carbons (Fsp3) is 0.511. The largest absolute Gasteiger partial charge is 0.493 e. The van der Waals surface area contributed by atoms with Gasteiger partial charge in [-0.1, -0.05) is 18.2 Å². The van der Waals surface area contributed by atoms with Gasteiger partial charge in [-0.05, 0) is 98.7 Å². The van der Waals surface area contributed by atoms with Crippen LogP contribution in [0.5, 0.6) is 11.5 Å². The van der Waals surface area contributed by atoms with Gasteiger partial charge < -0.3 is 24.2 Å². The molecule has 4 amide bonds. The highest BCUT2D eigenvalue weighted by Crippen LogP contribution is 2.34. The van der Waals surface area contributed by atoms with Crippen LogP contribution in [0.25, 0.3) is 0 Å². The molecule has 1 N–H and O–H groups in total. The smallest absolute Gasteiger partial charge is 0.261 e. The third kappa shape index (κ3) is 10.3. The van der Waals surface area contributed by atoms with Crippen LogP contribution in [0.2, 0.25) is 0 Å². The number of hydrogen-bond acceptors (Lipinski definition) is 12. The number of fused-ring (bicyclic) bond motifs is 1. The number of nitrogens with one attached hydrogen (secondary N) is 1. The number of anilines is 2. The van der Waals surface area contributed by atoms with E-state index in [9.17, 15) is 27.6 Å². The molecule has 5 heterocycles. The first-order valence-electron chi connectivity index (χ1n) is 21.1. The van der Waals surface area contributed by atoms with Crippen molar-refractivity contribution in [3.63, 3.8) is 0 Å². The highest BCUT2D eigenvalue weighted by atomic mass is 32.2. The molecule has 322 valence electrons. The Hall–Kier alpha value is -4.99. The van der Waals surface area contributed by atoms with Crippen molar-refractivity contribution in [2.24, 2.45) is 5.92 Å². The second-order valence-corrected chi connectivity index (χ2v) is 19.0. The summed E-state index contributed by atoms with van der Waals surface area (Å²) in [6, 6.07) is 20.2. The van der Waals surface area contributed by atoms with Crippen LogP contribution < -0.4 is 24.6 Å². The zero-order valence-electron chi connectivity index (χ0n) is 35.2. The Morgan fingerprint density at radius 1 is 0.750 bits per heavy atom. The minimum absolute atomic E-state index is 0.175. The molecule has 14 nitrogen and oxygen atoms in total. The summed E-state index contributed by atoms with van der Waals surface area (Å²) < 4.78 is 30.3. The molecule has 0 bridgehead atoms. The Balaban J connectivity index is 0.00000103. The second kappa shape index (κ2) is 18.7. The number of ether oxygens (including phenoxy) is 2. The molecule has 4 saturated heterocycles. The van der Waals surface area contributed by atoms with E-state index in [-0.39, 0.29) is 36.1 Å². The van der Waals surface area contributed by atoms with Gasteiger partial charge in [-0.3, -0.25) is 34.3 Å². The molecule has 0 aromatic heterocycles. The van der Waals surface area contributed by atoms with Crippen molar-refractivity contribution in [1.29, 1.82) is 0 Å². The van der Waals surface area contributed by atoms with E-state index in [1.807, 2.05) is 37.3 Å². The summed E-state index contributed by atoms with van der Waals surface area (Å²) in [5, 5.41) is 2.47. The van der Waals surface area contributed by atoms with E-state index in [2.05, 4.69) is 49.2 Å². The van der Waals surface area contributed by atoms with E-state index in [0.717, 1.165) is 94.1 Å². The topological polar surface area (TPSA) is 149 Å². The van der Waals surface area contributed by atoms with Gasteiger partial charge in [-0.25, -0.2) is 8.42 Å². The Labute approximate surface area is 353 Å². The molecule has 3 aromatic rings. The van der Waals surface area contributed by atoms with E-state index in [1.165, 1.54) is 29.8 Å². The summed E-state index contributed by atoms with van der Waals surface area (Å²) in [6.07, 6.45) is 6.95. The summed E-state index contributed by atoms with van der Waals surface area (Å²) >= 11 is 0. The Kier molecular flexibility index (Phi) is 13.5. The number of carbonyl (C=O) groups is 4. The van der Waals surface area contributed by atoms with E-state index < -0.39 is 9.84 Å². The molecule has 5 aliphatic heterocycles. The van der Waals surface area contributed by atoms with Crippen molar-refractivity contribution >= 4 is 44.8 Å². The van der Waals surface area contributed by atoms with Gasteiger partial charge >= 0.3 is 0 Å². The SMILES string of the molecule is CCOc1cc(CN2C(=O)c3ccc(N4CCN(C5CN(CCC6CCN(c7ccc(C8CCC(=O)NC8=O)cc7)CC6)C5)CC4)cc3C2=O)ccc1OC.CS(C)(=O)=O. The molecule has 1 unspecified atom stereocenters. The molecule has 60 heavy (non-hydrogen) atoms. The molecule has 0 radical (unpaired) electrons. The number of benzene rings is 3. The van der Waals surface area contributed by atoms with Gasteiger partial charge in [0, 0.05) is 88.7 Å². The number of piperidine rings is 2. The first-order chi connectivity index (χ1) is 28.8. The monoisotopic (exact) mass is 842 g/mol. The molecule has 15 heteroatoms. The van der Waals surface area contributed by atoms with Gasteiger partial charge in [-0.2, -0.15) is 0 Å². The minimum atomic E-state index is -2.67. The van der Waals surface area contributed by atoms with Gasteiger partial charge in [0.2, 0.25) is 11.8 Å². The number of sulfone groups is 1. The highest BCUT2D eigenvalue weighted by molar-refractivity contribution is 7.89. The van der Waals surface area contributed by atoms with Crippen molar-refractivity contribution in [2.75, 3.05) is 94.9 Å². The molecular formula is C45H58N6O8S. The lowest BCUT2D eigenvalue weighted by Gasteiger charge is -2.49. The first-order valence-corrected chi connectivity index (χ1v) is 23.4. The molecule has 4 fully saturated rings. The number of nitrogens with zero attached hydrogens (tertiary/aromatic N) is 5. The van der Waals surface area contributed by atoms with Gasteiger partial charge in [0.15, 0.2) is 11.5 Å². The van der Waals surface area contributed by atoms with Crippen LogP contribution in [0, 0.1) is 5.92 Å². The van der Waals surface area contributed by atoms with Crippen molar-refractivity contribution < 1.29 is 37.1 Å². The molecule has 0 spiro atoms. The van der Waals surface area contributed by atoms with Gasteiger partial charge in [0.05, 0.1) is 37.3 Å². The van der Waals surface area contributed by atoms with Crippen LogP contribution in [0.3, 0.4) is 0 Å². The standard InChI is InChI=1S/C43H52N6O6.C2H6O2S/c1-3-55-39-24-30(4-12-38(39)54-2)26-49-42(52)36-10-9-33(25-37(36)43(49)53)47-20-22-48(23-21-47)34-27-45(28-34)17-14-29-15-18-46(19-16-29)32-7-5-31(6-8-32)35-11-13-40(50)44-41(35)51;1-5(2,3)4/h4-10,12,24-25,29,34-35H,3,11,13-23,26-28H2,1-2H3,(H,44,50,51);1-2H3. The average molecular weight is 843 g/mol. The number of hydrogen-bond donors (Lipinski definition) is 1. The summed E-state index contributed by atoms with van der Waals surface area (Å²) in [4.78, 5) is 61.9. The quantitative estimate of drug-likeness (QED) is 0.261. The van der Waals surface area contributed by atoms with Gasteiger partial charge in [0.25, 0.3) is 11.8 Å². The van der Waals surface area contributed by atoms with E-state index in [1.54, 1.807) is 13.2 Å². The normalized spacial score (nSPS) is 20.7. The van der Waals surface area contributed by atoms with Crippen molar-refractivity contribution in [3.8, 4) is 11.5 Å². The van der Waals surface area contributed by atoms with Crippen molar-refractivity contribution in [1.82, 2.24) is 20.0 Å². The number of carbonyl (C=O) groups excluding carboxylic acids is 4. The van der Waals surface area contributed by atoms with Crippen LogP contribution >= 0.6 is 0 Å². The van der Waals surface area contributed by atoms with E-state index in [0.29, 0.717) is 48.1 Å². The first kappa shape index (κ1) is 43.1. The Bertz CT molecular complexity index is 2150. The molecule has 8 rings (SSSR count). The predicted octanol–water partition coefficient (Wildman–Crippen LogP) is 4.18. The predicted molar refractivity (Wildman–Crippen MR) is 231 cm³/mol. The number of imide groups is 2. The zero-order valence-corrected chi connectivity index (χ0v) is 36.0. The fourth-order valence-electron chi connectivity index (χ4n) is 8.96. The average Bonchev–Trinajstić information content (AvgIpc) is 3.44. The molecular weight excluding hydrogens is 785 g/mol. The molecule has 0 saturated carbocycles. The molecule has 5 aliphatic rings. The van der Waals surface area contributed by atoms with Crippen molar-refractivity contribution in [3.05, 3.63) is 82.9 Å². The molecule has 0 aliphatic carbocycles. The molecule has 1 atom stereocenters. The van der Waals surface area contributed by atoms with Gasteiger partial charge in [-0.15, -0.1) is 0 Å². The van der Waals surface area contributed by atoms with E-state index in [4.69, 9.17) is 9.47 Å². The maximum absolute atomic E-state index is 13.5. The Morgan fingerprint density at radius 3 is 2.05 bits per heavy atom. The fourth-order valence-corrected chi connectivity index (χ4v) is 8.96. The summed E-state index contributed by atoms with van der Waals surface area (Å²) in [5.41, 5.74) is 4.94. The number of amides is 4. The number of piperazine rings is 1. The summed E-state index contributed by atoms with van der Waals surface area (Å²) in [6.45, 7) is 11.9. The summed E-state index contributed by atoms with van der Waals surface area (Å²) in [7, 11) is -1.08. The van der Waals surface area contributed by atoms with Crippen molar-refractivity contribution in [2.45, 2.75) is 57.5 Å². The third-order valence-corrected chi connectivity index (χ3v) is 12.3. The number of methoxy groups -OCH3 is 1. The third-order valence-electron chi connectivity index (χ3n) is 12.3. The number of rotatable bonds is 12. The van der Waals surface area contributed by atoms with Crippen LogP contribution in [-0.4, -0.2) is 138 Å². The van der Waals surface area contributed by atoms with Crippen LogP contribution in [-0.2, 0) is 26.0 Å². The lowest BCUT2D eigenvalue weighted by atomic mass is 9.90.